The van der Waals surface area contributed by atoms with Gasteiger partial charge in [-0.2, -0.15) is 11.8 Å². The first-order valence-electron chi connectivity index (χ1n) is 4.63. The molecule has 0 atom stereocenters. The molecule has 0 radical (unpaired) electrons. The SMILES string of the molecule is CSCCn1c(N)nc2cccc(Cl)c21. The molecule has 2 rings (SSSR count). The van der Waals surface area contributed by atoms with Crippen molar-refractivity contribution >= 4 is 40.3 Å². The Morgan fingerprint density at radius 1 is 1.53 bits per heavy atom. The Hall–Kier alpha value is -0.870. The van der Waals surface area contributed by atoms with Gasteiger partial charge in [0.1, 0.15) is 0 Å². The van der Waals surface area contributed by atoms with Gasteiger partial charge in [-0.3, -0.25) is 0 Å². The van der Waals surface area contributed by atoms with Gasteiger partial charge in [-0.25, -0.2) is 4.98 Å². The zero-order valence-corrected chi connectivity index (χ0v) is 9.98. The van der Waals surface area contributed by atoms with Crippen molar-refractivity contribution in [1.82, 2.24) is 9.55 Å². The van der Waals surface area contributed by atoms with Gasteiger partial charge < -0.3 is 10.3 Å². The second-order valence-corrected chi connectivity index (χ2v) is 4.61. The maximum atomic E-state index is 6.13. The largest absolute Gasteiger partial charge is 0.369 e. The van der Waals surface area contributed by atoms with E-state index in [4.69, 9.17) is 17.3 Å². The number of hydrogen-bond donors (Lipinski definition) is 1. The molecule has 0 saturated carbocycles. The van der Waals surface area contributed by atoms with E-state index in [0.717, 1.165) is 23.3 Å². The number of rotatable bonds is 3. The minimum atomic E-state index is 0.534. The van der Waals surface area contributed by atoms with Crippen molar-refractivity contribution in [2.24, 2.45) is 0 Å². The molecule has 0 aliphatic carbocycles. The number of halogens is 1. The van der Waals surface area contributed by atoms with Crippen LogP contribution in [0.25, 0.3) is 11.0 Å². The fourth-order valence-corrected chi connectivity index (χ4v) is 2.21. The second-order valence-electron chi connectivity index (χ2n) is 3.22. The van der Waals surface area contributed by atoms with Crippen molar-refractivity contribution in [3.05, 3.63) is 23.2 Å². The van der Waals surface area contributed by atoms with Crippen molar-refractivity contribution < 1.29 is 0 Å². The van der Waals surface area contributed by atoms with Crippen molar-refractivity contribution in [1.29, 1.82) is 0 Å². The predicted octanol–water partition coefficient (Wildman–Crippen LogP) is 2.63. The van der Waals surface area contributed by atoms with E-state index >= 15 is 0 Å². The van der Waals surface area contributed by atoms with Crippen LogP contribution < -0.4 is 5.73 Å². The minimum Gasteiger partial charge on any atom is -0.369 e. The molecule has 0 aliphatic rings. The van der Waals surface area contributed by atoms with Gasteiger partial charge in [0.05, 0.1) is 16.1 Å². The highest BCUT2D eigenvalue weighted by Gasteiger charge is 2.10. The summed E-state index contributed by atoms with van der Waals surface area (Å²) in [7, 11) is 0. The molecule has 5 heteroatoms. The number of nitrogens with two attached hydrogens (primary N) is 1. The topological polar surface area (TPSA) is 43.8 Å². The fraction of sp³-hybridized carbons (Fsp3) is 0.300. The van der Waals surface area contributed by atoms with E-state index in [1.54, 1.807) is 11.8 Å². The monoisotopic (exact) mass is 241 g/mol. The maximum absolute atomic E-state index is 6.13. The molecule has 0 spiro atoms. The molecule has 0 amide bonds. The third-order valence-corrected chi connectivity index (χ3v) is 3.16. The van der Waals surface area contributed by atoms with Crippen LogP contribution in [0.2, 0.25) is 5.02 Å². The van der Waals surface area contributed by atoms with Crippen LogP contribution in [0.5, 0.6) is 0 Å². The summed E-state index contributed by atoms with van der Waals surface area (Å²) in [5, 5.41) is 0.706. The van der Waals surface area contributed by atoms with Crippen LogP contribution in [0.15, 0.2) is 18.2 Å². The third-order valence-electron chi connectivity index (χ3n) is 2.27. The smallest absolute Gasteiger partial charge is 0.201 e. The van der Waals surface area contributed by atoms with Gasteiger partial charge in [-0.05, 0) is 18.4 Å². The van der Waals surface area contributed by atoms with E-state index in [2.05, 4.69) is 11.2 Å². The first-order valence-corrected chi connectivity index (χ1v) is 6.40. The summed E-state index contributed by atoms with van der Waals surface area (Å²) in [5.41, 5.74) is 7.64. The number of imidazole rings is 1. The van der Waals surface area contributed by atoms with Gasteiger partial charge in [0.2, 0.25) is 5.95 Å². The van der Waals surface area contributed by atoms with Crippen LogP contribution in [0, 0.1) is 0 Å². The quantitative estimate of drug-likeness (QED) is 0.899. The van der Waals surface area contributed by atoms with E-state index in [0.29, 0.717) is 11.0 Å². The lowest BCUT2D eigenvalue weighted by Gasteiger charge is -2.05. The van der Waals surface area contributed by atoms with E-state index in [1.165, 1.54) is 0 Å². The Labute approximate surface area is 97.6 Å². The highest BCUT2D eigenvalue weighted by atomic mass is 35.5. The highest BCUT2D eigenvalue weighted by molar-refractivity contribution is 7.98. The zero-order chi connectivity index (χ0) is 10.8. The molecular formula is C10H12ClN3S. The molecule has 1 heterocycles. The number of para-hydroxylation sites is 1. The van der Waals surface area contributed by atoms with Crippen molar-refractivity contribution in [2.45, 2.75) is 6.54 Å². The summed E-state index contributed by atoms with van der Waals surface area (Å²) in [4.78, 5) is 4.27. The van der Waals surface area contributed by atoms with E-state index in [-0.39, 0.29) is 0 Å². The molecule has 3 nitrogen and oxygen atoms in total. The van der Waals surface area contributed by atoms with Crippen LogP contribution in [-0.2, 0) is 6.54 Å². The molecule has 0 unspecified atom stereocenters. The van der Waals surface area contributed by atoms with Gasteiger partial charge in [-0.1, -0.05) is 17.7 Å². The summed E-state index contributed by atoms with van der Waals surface area (Å²) >= 11 is 7.91. The van der Waals surface area contributed by atoms with Crippen LogP contribution in [0.4, 0.5) is 5.95 Å². The van der Waals surface area contributed by atoms with Crippen molar-refractivity contribution in [2.75, 3.05) is 17.7 Å². The first-order chi connectivity index (χ1) is 7.24. The summed E-state index contributed by atoms with van der Waals surface area (Å²) in [6.07, 6.45) is 2.07. The van der Waals surface area contributed by atoms with Crippen LogP contribution in [0.3, 0.4) is 0 Å². The van der Waals surface area contributed by atoms with Crippen molar-refractivity contribution in [3.63, 3.8) is 0 Å². The van der Waals surface area contributed by atoms with Crippen LogP contribution in [-0.4, -0.2) is 21.6 Å². The number of hydrogen-bond acceptors (Lipinski definition) is 3. The summed E-state index contributed by atoms with van der Waals surface area (Å²) in [6.45, 7) is 0.841. The normalized spacial score (nSPS) is 11.1. The number of nitrogen functional groups attached to an aromatic ring is 1. The zero-order valence-electron chi connectivity index (χ0n) is 8.40. The highest BCUT2D eigenvalue weighted by Crippen LogP contribution is 2.25. The lowest BCUT2D eigenvalue weighted by molar-refractivity contribution is 0.810. The predicted molar refractivity (Wildman–Crippen MR) is 67.5 cm³/mol. The second kappa shape index (κ2) is 4.33. The third kappa shape index (κ3) is 1.92. The molecule has 1 aromatic heterocycles. The number of thioether (sulfide) groups is 1. The molecule has 15 heavy (non-hydrogen) atoms. The number of anilines is 1. The number of benzene rings is 1. The van der Waals surface area contributed by atoms with Crippen molar-refractivity contribution in [3.8, 4) is 0 Å². The molecule has 0 aliphatic heterocycles. The van der Waals surface area contributed by atoms with Gasteiger partial charge in [0.25, 0.3) is 0 Å². The molecular weight excluding hydrogens is 230 g/mol. The first kappa shape index (κ1) is 10.6. The average molecular weight is 242 g/mol. The number of fused-ring (bicyclic) bond motifs is 1. The Bertz CT molecular complexity index is 481. The number of aromatic nitrogens is 2. The summed E-state index contributed by atoms with van der Waals surface area (Å²) in [5.74, 6) is 1.54. The van der Waals surface area contributed by atoms with Crippen LogP contribution >= 0.6 is 23.4 Å². The molecule has 2 aromatic rings. The lowest BCUT2D eigenvalue weighted by Crippen LogP contribution is -2.05. The van der Waals surface area contributed by atoms with Gasteiger partial charge in [0, 0.05) is 12.3 Å². The Morgan fingerprint density at radius 3 is 3.07 bits per heavy atom. The average Bonchev–Trinajstić information content (AvgIpc) is 2.53. The van der Waals surface area contributed by atoms with E-state index < -0.39 is 0 Å². The van der Waals surface area contributed by atoms with Gasteiger partial charge >= 0.3 is 0 Å². The maximum Gasteiger partial charge on any atom is 0.201 e. The minimum absolute atomic E-state index is 0.534. The van der Waals surface area contributed by atoms with E-state index in [1.807, 2.05) is 22.8 Å². The molecule has 0 bridgehead atoms. The molecule has 1 aromatic carbocycles. The lowest BCUT2D eigenvalue weighted by atomic mass is 10.3. The number of nitrogens with zero attached hydrogens (tertiary/aromatic N) is 2. The van der Waals surface area contributed by atoms with E-state index in [9.17, 15) is 0 Å². The molecule has 80 valence electrons. The molecule has 0 saturated heterocycles. The number of aryl methyl sites for hydroxylation is 1. The van der Waals surface area contributed by atoms with Gasteiger partial charge in [-0.15, -0.1) is 0 Å². The molecule has 2 N–H and O–H groups in total. The standard InChI is InChI=1S/C10H12ClN3S/c1-15-6-5-14-9-7(11)3-2-4-8(9)13-10(14)12/h2-4H,5-6H2,1H3,(H2,12,13). The van der Waals surface area contributed by atoms with Crippen LogP contribution in [0.1, 0.15) is 0 Å². The van der Waals surface area contributed by atoms with Gasteiger partial charge in [0.15, 0.2) is 0 Å². The summed E-state index contributed by atoms with van der Waals surface area (Å²) < 4.78 is 1.97. The molecule has 0 fully saturated rings. The Balaban J connectivity index is 2.55. The Kier molecular flexibility index (Phi) is 3.07. The summed E-state index contributed by atoms with van der Waals surface area (Å²) in [6, 6.07) is 5.67. The Morgan fingerprint density at radius 2 is 2.33 bits per heavy atom. The fourth-order valence-electron chi connectivity index (χ4n) is 1.57.